The van der Waals surface area contributed by atoms with E-state index in [1.165, 1.54) is 35.6 Å². The first kappa shape index (κ1) is 15.8. The van der Waals surface area contributed by atoms with Crippen LogP contribution < -0.4 is 5.32 Å². The Bertz CT molecular complexity index is 544. The summed E-state index contributed by atoms with van der Waals surface area (Å²) in [6.07, 6.45) is 1.50. The van der Waals surface area contributed by atoms with Gasteiger partial charge in [0.05, 0.1) is 4.90 Å². The minimum atomic E-state index is -3.60. The van der Waals surface area contributed by atoms with Crippen LogP contribution in [0.4, 0.5) is 4.39 Å². The number of hydrogen-bond donors (Lipinski definition) is 1. The van der Waals surface area contributed by atoms with Gasteiger partial charge in [-0.05, 0) is 24.7 Å². The molecule has 1 rings (SSSR count). The molecule has 0 heterocycles. The molecule has 106 valence electrons. The highest BCUT2D eigenvalue weighted by molar-refractivity contribution is 7.89. The molecule has 0 aliphatic rings. The van der Waals surface area contributed by atoms with Crippen molar-refractivity contribution in [2.75, 3.05) is 20.1 Å². The van der Waals surface area contributed by atoms with E-state index in [2.05, 4.69) is 11.9 Å². The summed E-state index contributed by atoms with van der Waals surface area (Å²) in [6, 6.07) is 3.83. The number of nitrogens with zero attached hydrogens (tertiary/aromatic N) is 1. The van der Waals surface area contributed by atoms with Crippen LogP contribution >= 0.6 is 0 Å². The summed E-state index contributed by atoms with van der Waals surface area (Å²) in [5.74, 6) is -0.411. The molecule has 0 aromatic heterocycles. The highest BCUT2D eigenvalue weighted by Gasteiger charge is 2.20. The molecule has 0 saturated heterocycles. The van der Waals surface area contributed by atoms with Crippen molar-refractivity contribution in [3.8, 4) is 0 Å². The topological polar surface area (TPSA) is 49.4 Å². The van der Waals surface area contributed by atoms with Crippen LogP contribution in [0, 0.1) is 5.82 Å². The van der Waals surface area contributed by atoms with E-state index in [-0.39, 0.29) is 11.4 Å². The summed E-state index contributed by atoms with van der Waals surface area (Å²) in [7, 11) is -2.14. The Kier molecular flexibility index (Phi) is 5.65. The van der Waals surface area contributed by atoms with Crippen molar-refractivity contribution in [1.29, 1.82) is 0 Å². The number of nitrogens with one attached hydrogen (secondary N) is 1. The van der Waals surface area contributed by atoms with Gasteiger partial charge in [-0.1, -0.05) is 13.0 Å². The summed E-state index contributed by atoms with van der Waals surface area (Å²) < 4.78 is 39.1. The zero-order chi connectivity index (χ0) is 14.5. The summed E-state index contributed by atoms with van der Waals surface area (Å²) in [5, 5.41) is 2.97. The molecular weight excluding hydrogens is 267 g/mol. The maximum absolute atomic E-state index is 13.6. The van der Waals surface area contributed by atoms with E-state index < -0.39 is 15.8 Å². The molecule has 0 bridgehead atoms. The molecule has 19 heavy (non-hydrogen) atoms. The predicted molar refractivity (Wildman–Crippen MR) is 73.8 cm³/mol. The van der Waals surface area contributed by atoms with Crippen LogP contribution in [0.3, 0.4) is 0 Å². The fourth-order valence-corrected chi connectivity index (χ4v) is 2.76. The van der Waals surface area contributed by atoms with Crippen molar-refractivity contribution in [2.45, 2.75) is 18.4 Å². The highest BCUT2D eigenvalue weighted by atomic mass is 32.2. The molecule has 0 spiro atoms. The van der Waals surface area contributed by atoms with Crippen LogP contribution in [0.2, 0.25) is 0 Å². The molecule has 4 nitrogen and oxygen atoms in total. The number of likely N-dealkylation sites (N-methyl/N-ethyl adjacent to an activating group) is 1. The molecule has 1 aromatic rings. The molecule has 1 aromatic carbocycles. The van der Waals surface area contributed by atoms with Crippen molar-refractivity contribution in [3.63, 3.8) is 0 Å². The minimum absolute atomic E-state index is 0.0890. The molecule has 1 N–H and O–H groups in total. The lowest BCUT2D eigenvalue weighted by Gasteiger charge is -2.16. The Balaban J connectivity index is 3.10. The zero-order valence-corrected chi connectivity index (χ0v) is 12.0. The zero-order valence-electron chi connectivity index (χ0n) is 11.2. The summed E-state index contributed by atoms with van der Waals surface area (Å²) in [6.45, 7) is 6.60. The number of halogens is 1. The Morgan fingerprint density at radius 1 is 1.47 bits per heavy atom. The average molecular weight is 286 g/mol. The smallest absolute Gasteiger partial charge is 0.243 e. The first-order valence-corrected chi connectivity index (χ1v) is 7.43. The van der Waals surface area contributed by atoms with E-state index in [4.69, 9.17) is 0 Å². The van der Waals surface area contributed by atoms with Crippen LogP contribution in [-0.2, 0) is 16.6 Å². The number of rotatable bonds is 7. The second-order valence-corrected chi connectivity index (χ2v) is 6.15. The lowest BCUT2D eigenvalue weighted by Crippen LogP contribution is -2.27. The number of benzene rings is 1. The SMILES string of the molecule is C=CCN(C)S(=O)(=O)c1ccc(F)c(CNCC)c1. The van der Waals surface area contributed by atoms with E-state index in [9.17, 15) is 12.8 Å². The Morgan fingerprint density at radius 2 is 2.16 bits per heavy atom. The molecule has 0 amide bonds. The fraction of sp³-hybridized carbons (Fsp3) is 0.385. The lowest BCUT2D eigenvalue weighted by molar-refractivity contribution is 0.498. The maximum atomic E-state index is 13.6. The van der Waals surface area contributed by atoms with Crippen LogP contribution in [-0.4, -0.2) is 32.9 Å². The standard InChI is InChI=1S/C13H19FN2O2S/c1-4-8-16(3)19(17,18)12-6-7-13(14)11(9-12)10-15-5-2/h4,6-7,9,15H,1,5,8,10H2,2-3H3. The summed E-state index contributed by atoms with van der Waals surface area (Å²) >= 11 is 0. The average Bonchev–Trinajstić information content (AvgIpc) is 2.37. The highest BCUT2D eigenvalue weighted by Crippen LogP contribution is 2.18. The van der Waals surface area contributed by atoms with Crippen LogP contribution in [0.15, 0.2) is 35.7 Å². The largest absolute Gasteiger partial charge is 0.313 e. The molecule has 0 fully saturated rings. The molecule has 6 heteroatoms. The summed E-state index contributed by atoms with van der Waals surface area (Å²) in [4.78, 5) is 0.0890. The molecule has 0 unspecified atom stereocenters. The molecule has 0 radical (unpaired) electrons. The van der Waals surface area contributed by atoms with Gasteiger partial charge < -0.3 is 5.32 Å². The van der Waals surface area contributed by atoms with E-state index in [1.54, 1.807) is 0 Å². The van der Waals surface area contributed by atoms with Gasteiger partial charge >= 0.3 is 0 Å². The van der Waals surface area contributed by atoms with Crippen molar-refractivity contribution in [1.82, 2.24) is 9.62 Å². The predicted octanol–water partition coefficient (Wildman–Crippen LogP) is 1.74. The van der Waals surface area contributed by atoms with Gasteiger partial charge in [-0.3, -0.25) is 0 Å². The van der Waals surface area contributed by atoms with E-state index in [0.29, 0.717) is 18.7 Å². The molecule has 0 saturated carbocycles. The Morgan fingerprint density at radius 3 is 2.74 bits per heavy atom. The first-order valence-electron chi connectivity index (χ1n) is 5.99. The second kappa shape index (κ2) is 6.79. The molecule has 0 aliphatic carbocycles. The van der Waals surface area contributed by atoms with Crippen LogP contribution in [0.1, 0.15) is 12.5 Å². The van der Waals surface area contributed by atoms with Gasteiger partial charge in [0.2, 0.25) is 10.0 Å². The first-order chi connectivity index (χ1) is 8.93. The van der Waals surface area contributed by atoms with Crippen molar-refractivity contribution >= 4 is 10.0 Å². The van der Waals surface area contributed by atoms with Crippen molar-refractivity contribution in [2.24, 2.45) is 0 Å². The Hall–Kier alpha value is -1.24. The summed E-state index contributed by atoms with van der Waals surface area (Å²) in [5.41, 5.74) is 0.343. The minimum Gasteiger partial charge on any atom is -0.313 e. The van der Waals surface area contributed by atoms with Crippen LogP contribution in [0.25, 0.3) is 0 Å². The van der Waals surface area contributed by atoms with Crippen LogP contribution in [0.5, 0.6) is 0 Å². The lowest BCUT2D eigenvalue weighted by atomic mass is 10.2. The second-order valence-electron chi connectivity index (χ2n) is 4.11. The fourth-order valence-electron chi connectivity index (χ4n) is 1.57. The number of sulfonamides is 1. The monoisotopic (exact) mass is 286 g/mol. The van der Waals surface area contributed by atoms with Crippen molar-refractivity contribution < 1.29 is 12.8 Å². The van der Waals surface area contributed by atoms with E-state index in [1.807, 2.05) is 6.92 Å². The van der Waals surface area contributed by atoms with E-state index >= 15 is 0 Å². The third-order valence-electron chi connectivity index (χ3n) is 2.68. The third-order valence-corrected chi connectivity index (χ3v) is 4.50. The normalized spacial score (nSPS) is 11.8. The van der Waals surface area contributed by atoms with E-state index in [0.717, 1.165) is 0 Å². The van der Waals surface area contributed by atoms with Gasteiger partial charge in [-0.2, -0.15) is 4.31 Å². The quantitative estimate of drug-likeness (QED) is 0.777. The van der Waals surface area contributed by atoms with Crippen molar-refractivity contribution in [3.05, 3.63) is 42.2 Å². The Labute approximate surface area is 114 Å². The van der Waals surface area contributed by atoms with Gasteiger partial charge in [-0.15, -0.1) is 6.58 Å². The third kappa shape index (κ3) is 3.86. The molecular formula is C13H19FN2O2S. The molecule has 0 aliphatic heterocycles. The van der Waals surface area contributed by atoms with Gasteiger partial charge in [0, 0.05) is 25.7 Å². The maximum Gasteiger partial charge on any atom is 0.243 e. The van der Waals surface area contributed by atoms with Gasteiger partial charge in [0.25, 0.3) is 0 Å². The van der Waals surface area contributed by atoms with Gasteiger partial charge in [0.15, 0.2) is 0 Å². The molecule has 0 atom stereocenters. The van der Waals surface area contributed by atoms with Gasteiger partial charge in [-0.25, -0.2) is 12.8 Å². The number of hydrogen-bond acceptors (Lipinski definition) is 3. The van der Waals surface area contributed by atoms with Gasteiger partial charge in [0.1, 0.15) is 5.82 Å².